The van der Waals surface area contributed by atoms with Crippen LogP contribution in [0, 0.1) is 5.92 Å². The van der Waals surface area contributed by atoms with Crippen LogP contribution in [0.2, 0.25) is 0 Å². The molecule has 62 heteroatoms. The number of hydrogen-bond donors (Lipinski definition) is 21. The molecular formula is C39H63N3O52S7. The van der Waals surface area contributed by atoms with Crippen LogP contribution in [0.15, 0.2) is 0 Å². The van der Waals surface area contributed by atoms with E-state index in [0.717, 1.165) is 18.6 Å². The van der Waals surface area contributed by atoms with Crippen molar-refractivity contribution in [2.75, 3.05) is 19.8 Å². The van der Waals surface area contributed by atoms with Crippen molar-refractivity contribution in [3.8, 4) is 0 Å². The zero-order chi connectivity index (χ0) is 76.7. The number of ether oxygens (including phenoxy) is 11. The fraction of sp³-hybridized carbons (Fsp3) is 0.897. The average Bonchev–Trinajstić information content (AvgIpc) is 0.770. The average molecular weight is 1630 g/mol. The number of carboxylic acid groups (broad SMARTS) is 3. The van der Waals surface area contributed by atoms with E-state index in [4.69, 9.17) is 52.1 Å². The summed E-state index contributed by atoms with van der Waals surface area (Å²) < 4.78 is 321. The molecule has 0 aromatic heterocycles. The molecule has 588 valence electrons. The van der Waals surface area contributed by atoms with Crippen LogP contribution >= 0.6 is 0 Å². The van der Waals surface area contributed by atoms with Crippen molar-refractivity contribution < 1.29 is 239 Å². The van der Waals surface area contributed by atoms with Gasteiger partial charge in [0.05, 0.1) is 25.9 Å². The summed E-state index contributed by atoms with van der Waals surface area (Å²) in [5.74, 6) is -9.25. The second-order valence-electron chi connectivity index (χ2n) is 21.8. The van der Waals surface area contributed by atoms with Gasteiger partial charge in [0, 0.05) is 12.8 Å². The van der Waals surface area contributed by atoms with Gasteiger partial charge < -0.3 is 114 Å². The first-order chi connectivity index (χ1) is 45.9. The molecule has 4 unspecified atom stereocenters. The third-order valence-corrected chi connectivity index (χ3v) is 18.1. The lowest BCUT2D eigenvalue weighted by molar-refractivity contribution is -0.376. The summed E-state index contributed by atoms with van der Waals surface area (Å²) in [6.45, 7) is -3.38. The number of rotatable bonds is 31. The van der Waals surface area contributed by atoms with Crippen molar-refractivity contribution in [1.82, 2.24) is 14.8 Å². The standard InChI is InChI=1S/C39H63N3O52S7/c1-6-14(44)18(48)37(85-21(6)31(51)52)86-23-9(4-80-98(67,68)69)83-35(12(16(23)46)40-7(2)43)89-26-17(47)19(49)38(91-29(26)32(53)54)88-24-10(5-81-99(70,71)72)84-36(13(42-96(61,62)63)25(24)93-100(73,74)75)90-27-20(50)28(94-101(76,77)78)39(92-30(27)33(55)56)87-22-8(3-79-97(64,65)66)82-34(57)11(15(22)45)41-95(58,59)60/h6,8-30,34-39,41-42,44-50,57H,3-5H2,1-2H3,(H,40,43)(H,51,52)(H,53,54)(H,55,56)(H,58,59,60)(H,61,62,63)(H,64,65,66)(H,67,68,69)(H,70,71,72)(H,73,74,75)(H,76,77,78)/t6-,8+,9+,10+,11+,12+,13+,14-,15+,16+,17+,18+,19+,20-,21?,22+,23+,24+,25+,26-,27-,28+,29-,30+,34?,35+,36+,37?,38+,39?/m0/s1. The molecule has 1 amide bonds. The van der Waals surface area contributed by atoms with Gasteiger partial charge in [0.15, 0.2) is 62.2 Å². The van der Waals surface area contributed by atoms with Crippen molar-refractivity contribution in [2.24, 2.45) is 5.92 Å². The first-order valence-corrected chi connectivity index (χ1v) is 36.9. The lowest BCUT2D eigenvalue weighted by Crippen LogP contribution is -2.71. The molecule has 0 saturated carbocycles. The Labute approximate surface area is 565 Å². The predicted molar refractivity (Wildman–Crippen MR) is 293 cm³/mol. The van der Waals surface area contributed by atoms with Crippen LogP contribution in [0.1, 0.15) is 13.8 Å². The van der Waals surface area contributed by atoms with Gasteiger partial charge in [-0.25, -0.2) is 35.3 Å². The zero-order valence-corrected chi connectivity index (χ0v) is 55.4. The zero-order valence-electron chi connectivity index (χ0n) is 49.7. The molecule has 6 heterocycles. The third-order valence-electron chi connectivity index (χ3n) is 14.7. The van der Waals surface area contributed by atoms with Gasteiger partial charge >= 0.3 is 90.5 Å². The van der Waals surface area contributed by atoms with Crippen LogP contribution in [-0.2, 0) is 165 Å². The maximum atomic E-state index is 13.1. The van der Waals surface area contributed by atoms with E-state index in [0.29, 0.717) is 0 Å². The van der Waals surface area contributed by atoms with E-state index >= 15 is 0 Å². The minimum atomic E-state index is -6.39. The number of nitrogens with one attached hydrogen (secondary N) is 3. The maximum Gasteiger partial charge on any atom is 0.397 e. The van der Waals surface area contributed by atoms with Gasteiger partial charge in [-0.2, -0.15) is 68.4 Å². The van der Waals surface area contributed by atoms with E-state index in [1.165, 1.54) is 4.72 Å². The molecule has 21 N–H and O–H groups in total. The van der Waals surface area contributed by atoms with Crippen molar-refractivity contribution in [1.29, 1.82) is 0 Å². The lowest BCUT2D eigenvalue weighted by atomic mass is 9.90. The molecule has 6 fully saturated rings. The predicted octanol–water partition coefficient (Wildman–Crippen LogP) is -14.5. The first kappa shape index (κ1) is 86.1. The Bertz CT molecular complexity index is 3760. The molecule has 30 atom stereocenters. The van der Waals surface area contributed by atoms with Gasteiger partial charge in [-0.05, 0) is 0 Å². The van der Waals surface area contributed by atoms with Crippen molar-refractivity contribution in [2.45, 2.75) is 192 Å². The summed E-state index contributed by atoms with van der Waals surface area (Å²) in [7, 11) is -41.4. The number of carbonyl (C=O) groups is 4. The number of carbonyl (C=O) groups excluding carboxylic acids is 1. The molecule has 0 aromatic carbocycles. The van der Waals surface area contributed by atoms with E-state index in [-0.39, 0.29) is 0 Å². The van der Waals surface area contributed by atoms with Crippen LogP contribution in [-0.4, -0.2) is 369 Å². The van der Waals surface area contributed by atoms with E-state index in [1.54, 1.807) is 0 Å². The summed E-state index contributed by atoms with van der Waals surface area (Å²) in [5, 5.41) is 123. The molecule has 55 nitrogen and oxygen atoms in total. The van der Waals surface area contributed by atoms with Crippen molar-refractivity contribution in [3.05, 3.63) is 0 Å². The molecule has 6 aliphatic rings. The van der Waals surface area contributed by atoms with Crippen LogP contribution in [0.5, 0.6) is 0 Å². The van der Waals surface area contributed by atoms with E-state index in [2.05, 4.69) is 20.9 Å². The second-order valence-corrected chi connectivity index (χ2v) is 29.6. The molecule has 101 heavy (non-hydrogen) atoms. The Morgan fingerprint density at radius 3 is 1.13 bits per heavy atom. The van der Waals surface area contributed by atoms with Gasteiger partial charge in [0.25, 0.3) is 0 Å². The highest BCUT2D eigenvalue weighted by Gasteiger charge is 2.62. The van der Waals surface area contributed by atoms with Crippen LogP contribution < -0.4 is 14.8 Å². The third kappa shape index (κ3) is 23.6. The minimum Gasteiger partial charge on any atom is -0.479 e. The molecule has 0 radical (unpaired) electrons. The molecule has 6 rings (SSSR count). The van der Waals surface area contributed by atoms with E-state index in [9.17, 15) is 166 Å². The van der Waals surface area contributed by atoms with E-state index in [1.807, 2.05) is 5.32 Å². The summed E-state index contributed by atoms with van der Waals surface area (Å²) >= 11 is 0. The van der Waals surface area contributed by atoms with Gasteiger partial charge in [0.1, 0.15) is 110 Å². The second kappa shape index (κ2) is 33.1. The van der Waals surface area contributed by atoms with Gasteiger partial charge in [-0.1, -0.05) is 6.92 Å². The number of aliphatic hydroxyl groups excluding tert-OH is 8. The SMILES string of the molecule is CC(=O)N[C@H]1[C@@H](O[C@H]2[C@H](O)[C@@H](O)[C@H](O[C@H]3[C@H](OS(=O)(=O)O)[C@@H](NS(=O)(=O)O)[C@@H](O[C@H]4[C@H](O)[C@@H](OS(=O)(=O)O)C(O[C@H]5[C@H](O)[C@@H](NS(=O)(=O)O)C(O)O[C@@H]5COS(=O)(=O)O)O[C@H]4C(=O)O)O[C@@H]3COS(=O)(=O)O)O[C@@H]2C(=O)O)O[C@H](COS(=O)(=O)O)[C@@H](OC2OC(C(=O)O)[C@@H](C)[C@H](O)[C@H]2O)[C@@H]1O. The fourth-order valence-corrected chi connectivity index (χ4v) is 13.7. The Kier molecular flexibility index (Phi) is 28.3. The molecular weight excluding hydrogens is 1570 g/mol. The topological polar surface area (TPSA) is 855 Å². The molecule has 6 aliphatic heterocycles. The Morgan fingerprint density at radius 2 is 0.703 bits per heavy atom. The normalized spacial score (nSPS) is 40.3. The number of carboxylic acids is 3. The van der Waals surface area contributed by atoms with Gasteiger partial charge in [0.2, 0.25) is 5.91 Å². The van der Waals surface area contributed by atoms with Crippen LogP contribution in [0.3, 0.4) is 0 Å². The van der Waals surface area contributed by atoms with E-state index < -0.39 is 300 Å². The largest absolute Gasteiger partial charge is 0.479 e. The number of aliphatic carboxylic acids is 3. The van der Waals surface area contributed by atoms with Crippen molar-refractivity contribution in [3.63, 3.8) is 0 Å². The Morgan fingerprint density at radius 1 is 0.356 bits per heavy atom. The molecule has 0 aromatic rings. The lowest BCUT2D eigenvalue weighted by Gasteiger charge is -2.50. The highest BCUT2D eigenvalue weighted by atomic mass is 32.3. The molecule has 6 saturated heterocycles. The molecule has 0 aliphatic carbocycles. The monoisotopic (exact) mass is 1630 g/mol. The summed E-state index contributed by atoms with van der Waals surface area (Å²) in [5.41, 5.74) is 0. The minimum absolute atomic E-state index is 0.734. The van der Waals surface area contributed by atoms with Gasteiger partial charge in [-0.15, -0.1) is 0 Å². The quantitative estimate of drug-likeness (QED) is 0.0287. The summed E-state index contributed by atoms with van der Waals surface area (Å²) in [4.78, 5) is 50.8. The number of amides is 1. The van der Waals surface area contributed by atoms with Crippen LogP contribution in [0.4, 0.5) is 0 Å². The van der Waals surface area contributed by atoms with Gasteiger partial charge in [-0.3, -0.25) is 36.7 Å². The van der Waals surface area contributed by atoms with Crippen LogP contribution in [0.25, 0.3) is 0 Å². The fourth-order valence-electron chi connectivity index (χ4n) is 10.6. The highest BCUT2D eigenvalue weighted by Crippen LogP contribution is 2.40. The number of hydrogen-bond acceptors (Lipinski definition) is 42. The Balaban J connectivity index is 1.39. The number of aliphatic hydroxyl groups is 8. The van der Waals surface area contributed by atoms with Crippen molar-refractivity contribution >= 4 is 96.4 Å². The maximum absolute atomic E-state index is 13.1. The smallest absolute Gasteiger partial charge is 0.397 e. The highest BCUT2D eigenvalue weighted by molar-refractivity contribution is 7.84. The summed E-state index contributed by atoms with van der Waals surface area (Å²) in [6.07, 6.45) is -72.9. The Hall–Kier alpha value is -3.79. The summed E-state index contributed by atoms with van der Waals surface area (Å²) in [6, 6.07) is -8.14. The molecule has 0 spiro atoms. The first-order valence-electron chi connectivity index (χ1n) is 27.2. The molecule has 0 bridgehead atoms.